The van der Waals surface area contributed by atoms with E-state index in [0.717, 1.165) is 26.9 Å². The Morgan fingerprint density at radius 3 is 2.50 bits per heavy atom. The second-order valence-corrected chi connectivity index (χ2v) is 8.26. The molecule has 5 nitrogen and oxygen atoms in total. The van der Waals surface area contributed by atoms with E-state index in [-0.39, 0.29) is 5.82 Å². The van der Waals surface area contributed by atoms with Crippen LogP contribution in [0.15, 0.2) is 71.2 Å². The standard InChI is InChI=1S/C23H18BrClN4O/c1-14-4-3-5-19(12-14)29-22(16-7-9-17(24)10-8-16)27-21(28-29)23(30)26-18-11-6-15(2)20(25)13-18/h3-13H,1-2H3,(H,26,30). The third-order valence-corrected chi connectivity index (χ3v) is 5.52. The van der Waals surface area contributed by atoms with Gasteiger partial charge in [-0.25, -0.2) is 9.67 Å². The van der Waals surface area contributed by atoms with Gasteiger partial charge in [-0.2, -0.15) is 0 Å². The molecule has 30 heavy (non-hydrogen) atoms. The van der Waals surface area contributed by atoms with Gasteiger partial charge in [0, 0.05) is 20.7 Å². The lowest BCUT2D eigenvalue weighted by atomic mass is 10.2. The van der Waals surface area contributed by atoms with Gasteiger partial charge in [-0.05, 0) is 61.4 Å². The summed E-state index contributed by atoms with van der Waals surface area (Å²) in [5, 5.41) is 7.91. The Bertz CT molecular complexity index is 1230. The number of benzene rings is 3. The van der Waals surface area contributed by atoms with Gasteiger partial charge < -0.3 is 5.32 Å². The van der Waals surface area contributed by atoms with Crippen LogP contribution in [0, 0.1) is 13.8 Å². The molecule has 0 aliphatic heterocycles. The van der Waals surface area contributed by atoms with Crippen molar-refractivity contribution in [3.63, 3.8) is 0 Å². The molecule has 0 saturated carbocycles. The van der Waals surface area contributed by atoms with E-state index >= 15 is 0 Å². The number of carbonyl (C=O) groups excluding carboxylic acids is 1. The first-order chi connectivity index (χ1) is 14.4. The maximum absolute atomic E-state index is 12.9. The van der Waals surface area contributed by atoms with Crippen molar-refractivity contribution in [3.05, 3.63) is 93.2 Å². The number of hydrogen-bond donors (Lipinski definition) is 1. The molecule has 1 N–H and O–H groups in total. The normalized spacial score (nSPS) is 10.8. The van der Waals surface area contributed by atoms with E-state index in [2.05, 4.69) is 31.3 Å². The SMILES string of the molecule is Cc1cccc(-n2nc(C(=O)Nc3ccc(C)c(Cl)c3)nc2-c2ccc(Br)cc2)c1. The highest BCUT2D eigenvalue weighted by atomic mass is 79.9. The van der Waals surface area contributed by atoms with Gasteiger partial charge in [0.25, 0.3) is 5.91 Å². The summed E-state index contributed by atoms with van der Waals surface area (Å²) in [5.41, 5.74) is 4.30. The molecule has 0 saturated heterocycles. The molecule has 0 aliphatic rings. The van der Waals surface area contributed by atoms with Crippen LogP contribution in [-0.4, -0.2) is 20.7 Å². The third-order valence-electron chi connectivity index (χ3n) is 4.59. The number of hydrogen-bond acceptors (Lipinski definition) is 3. The summed E-state index contributed by atoms with van der Waals surface area (Å²) in [5.74, 6) is 0.256. The number of aryl methyl sites for hydroxylation is 2. The highest BCUT2D eigenvalue weighted by molar-refractivity contribution is 9.10. The van der Waals surface area contributed by atoms with Crippen molar-refractivity contribution in [1.29, 1.82) is 0 Å². The largest absolute Gasteiger partial charge is 0.319 e. The Labute approximate surface area is 187 Å². The highest BCUT2D eigenvalue weighted by Crippen LogP contribution is 2.25. The molecule has 0 fully saturated rings. The molecule has 3 aromatic carbocycles. The molecule has 0 bridgehead atoms. The maximum atomic E-state index is 12.9. The molecular weight excluding hydrogens is 464 g/mol. The van der Waals surface area contributed by atoms with Gasteiger partial charge in [-0.3, -0.25) is 4.79 Å². The number of nitrogens with one attached hydrogen (secondary N) is 1. The Kier molecular flexibility index (Phi) is 5.70. The number of nitrogens with zero attached hydrogens (tertiary/aromatic N) is 3. The van der Waals surface area contributed by atoms with Crippen molar-refractivity contribution >= 4 is 39.1 Å². The lowest BCUT2D eigenvalue weighted by Crippen LogP contribution is -2.14. The molecule has 0 aliphatic carbocycles. The van der Waals surface area contributed by atoms with Crippen LogP contribution < -0.4 is 5.32 Å². The smallest absolute Gasteiger partial charge is 0.295 e. The Balaban J connectivity index is 1.75. The topological polar surface area (TPSA) is 59.8 Å². The lowest BCUT2D eigenvalue weighted by Gasteiger charge is -2.07. The number of carbonyl (C=O) groups is 1. The number of anilines is 1. The number of aromatic nitrogens is 3. The zero-order valence-electron chi connectivity index (χ0n) is 16.4. The fraction of sp³-hybridized carbons (Fsp3) is 0.0870. The summed E-state index contributed by atoms with van der Waals surface area (Å²) >= 11 is 9.62. The van der Waals surface area contributed by atoms with Gasteiger partial charge in [-0.1, -0.05) is 57.9 Å². The molecule has 150 valence electrons. The van der Waals surface area contributed by atoms with Crippen LogP contribution in [0.4, 0.5) is 5.69 Å². The van der Waals surface area contributed by atoms with Crippen molar-refractivity contribution < 1.29 is 4.79 Å². The third kappa shape index (κ3) is 4.30. The van der Waals surface area contributed by atoms with Crippen molar-refractivity contribution in [3.8, 4) is 17.1 Å². The zero-order chi connectivity index (χ0) is 21.3. The average molecular weight is 482 g/mol. The van der Waals surface area contributed by atoms with Crippen molar-refractivity contribution in [2.75, 3.05) is 5.32 Å². The molecule has 4 rings (SSSR count). The van der Waals surface area contributed by atoms with Gasteiger partial charge in [0.05, 0.1) is 5.69 Å². The quantitative estimate of drug-likeness (QED) is 0.376. The minimum absolute atomic E-state index is 0.0751. The zero-order valence-corrected chi connectivity index (χ0v) is 18.7. The molecule has 4 aromatic rings. The molecule has 0 unspecified atom stereocenters. The number of halogens is 2. The number of amides is 1. The van der Waals surface area contributed by atoms with Crippen LogP contribution in [0.2, 0.25) is 5.02 Å². The van der Waals surface area contributed by atoms with Crippen molar-refractivity contribution in [2.45, 2.75) is 13.8 Å². The molecule has 0 radical (unpaired) electrons. The minimum atomic E-state index is -0.403. The monoisotopic (exact) mass is 480 g/mol. The summed E-state index contributed by atoms with van der Waals surface area (Å²) in [7, 11) is 0. The van der Waals surface area contributed by atoms with Crippen LogP contribution in [0.5, 0.6) is 0 Å². The fourth-order valence-electron chi connectivity index (χ4n) is 2.99. The van der Waals surface area contributed by atoms with Crippen molar-refractivity contribution in [2.24, 2.45) is 0 Å². The Morgan fingerprint density at radius 2 is 1.80 bits per heavy atom. The van der Waals surface area contributed by atoms with Crippen LogP contribution >= 0.6 is 27.5 Å². The fourth-order valence-corrected chi connectivity index (χ4v) is 3.44. The summed E-state index contributed by atoms with van der Waals surface area (Å²) in [4.78, 5) is 17.4. The lowest BCUT2D eigenvalue weighted by molar-refractivity contribution is 0.101. The van der Waals surface area contributed by atoms with E-state index < -0.39 is 5.91 Å². The van der Waals surface area contributed by atoms with E-state index in [1.807, 2.05) is 68.4 Å². The molecule has 1 amide bonds. The first-order valence-corrected chi connectivity index (χ1v) is 10.5. The van der Waals surface area contributed by atoms with Gasteiger partial charge in [-0.15, -0.1) is 5.10 Å². The van der Waals surface area contributed by atoms with Crippen molar-refractivity contribution in [1.82, 2.24) is 14.8 Å². The molecule has 1 aromatic heterocycles. The summed E-state index contributed by atoms with van der Waals surface area (Å²) in [6.07, 6.45) is 0. The Morgan fingerprint density at radius 1 is 1.03 bits per heavy atom. The summed E-state index contributed by atoms with van der Waals surface area (Å²) < 4.78 is 2.65. The second kappa shape index (κ2) is 8.42. The highest BCUT2D eigenvalue weighted by Gasteiger charge is 2.19. The average Bonchev–Trinajstić information content (AvgIpc) is 3.17. The van der Waals surface area contributed by atoms with Crippen LogP contribution in [-0.2, 0) is 0 Å². The predicted octanol–water partition coefficient (Wildman–Crippen LogP) is 6.22. The molecule has 1 heterocycles. The summed E-state index contributed by atoms with van der Waals surface area (Å²) in [6.45, 7) is 3.91. The second-order valence-electron chi connectivity index (χ2n) is 6.93. The molecular formula is C23H18BrClN4O. The van der Waals surface area contributed by atoms with Gasteiger partial charge in [0.15, 0.2) is 5.82 Å². The molecule has 0 spiro atoms. The number of rotatable bonds is 4. The maximum Gasteiger partial charge on any atom is 0.295 e. The van der Waals surface area contributed by atoms with E-state index in [1.165, 1.54) is 0 Å². The predicted molar refractivity (Wildman–Crippen MR) is 123 cm³/mol. The van der Waals surface area contributed by atoms with Gasteiger partial charge in [0.1, 0.15) is 0 Å². The molecule has 0 atom stereocenters. The minimum Gasteiger partial charge on any atom is -0.319 e. The van der Waals surface area contributed by atoms with Gasteiger partial charge >= 0.3 is 0 Å². The van der Waals surface area contributed by atoms with Gasteiger partial charge in [0.2, 0.25) is 5.82 Å². The van der Waals surface area contributed by atoms with E-state index in [0.29, 0.717) is 16.5 Å². The first-order valence-electron chi connectivity index (χ1n) is 9.28. The molecule has 7 heteroatoms. The van der Waals surface area contributed by atoms with Crippen LogP contribution in [0.25, 0.3) is 17.1 Å². The van der Waals surface area contributed by atoms with E-state index in [1.54, 1.807) is 16.8 Å². The first kappa shape index (κ1) is 20.3. The van der Waals surface area contributed by atoms with Crippen LogP contribution in [0.3, 0.4) is 0 Å². The van der Waals surface area contributed by atoms with E-state index in [4.69, 9.17) is 11.6 Å². The summed E-state index contributed by atoms with van der Waals surface area (Å²) in [6, 6.07) is 21.0. The Hall–Kier alpha value is -2.96. The van der Waals surface area contributed by atoms with Crippen LogP contribution in [0.1, 0.15) is 21.7 Å². The van der Waals surface area contributed by atoms with E-state index in [9.17, 15) is 4.79 Å².